The molecule has 1 fully saturated rings. The van der Waals surface area contributed by atoms with Crippen molar-refractivity contribution in [1.29, 1.82) is 5.26 Å². The number of carbonyl (C=O) groups is 1. The predicted octanol–water partition coefficient (Wildman–Crippen LogP) is 5.54. The zero-order valence-corrected chi connectivity index (χ0v) is 24.7. The highest BCUT2D eigenvalue weighted by molar-refractivity contribution is 7.91. The van der Waals surface area contributed by atoms with Gasteiger partial charge in [-0.05, 0) is 60.7 Å². The van der Waals surface area contributed by atoms with Crippen LogP contribution in [0.2, 0.25) is 0 Å². The molecule has 1 saturated heterocycles. The lowest BCUT2D eigenvalue weighted by atomic mass is 10.1. The minimum Gasteiger partial charge on any atom is -0.489 e. The third-order valence-corrected chi connectivity index (χ3v) is 8.91. The van der Waals surface area contributed by atoms with Crippen LogP contribution in [0.4, 0.5) is 27.6 Å². The van der Waals surface area contributed by atoms with Crippen LogP contribution >= 0.6 is 0 Å². The van der Waals surface area contributed by atoms with Gasteiger partial charge in [0.05, 0.1) is 59.6 Å². The SMILES string of the molecule is CCS(=O)(=O)c1ccc([C@H](CC#N)NC(=O)c2ccc(N3C[C@@H](Oc4ccc(C(F)(F)F)cc4)C[C@H]3COC(F)F)cc2)nc1. The van der Waals surface area contributed by atoms with E-state index in [9.17, 15) is 40.4 Å². The number of benzene rings is 2. The number of pyridine rings is 1. The third kappa shape index (κ3) is 8.67. The molecule has 1 aliphatic heterocycles. The van der Waals surface area contributed by atoms with E-state index in [2.05, 4.69) is 15.0 Å². The summed E-state index contributed by atoms with van der Waals surface area (Å²) in [5.41, 5.74) is 0.264. The maximum Gasteiger partial charge on any atom is 0.416 e. The van der Waals surface area contributed by atoms with E-state index in [0.29, 0.717) is 11.4 Å². The maximum absolute atomic E-state index is 13.0. The summed E-state index contributed by atoms with van der Waals surface area (Å²) in [6.07, 6.45) is -3.75. The van der Waals surface area contributed by atoms with Crippen molar-refractivity contribution in [3.05, 3.63) is 83.7 Å². The number of aromatic nitrogens is 1. The van der Waals surface area contributed by atoms with E-state index in [1.54, 1.807) is 17.0 Å². The van der Waals surface area contributed by atoms with Gasteiger partial charge in [-0.15, -0.1) is 0 Å². The van der Waals surface area contributed by atoms with Gasteiger partial charge in [0.1, 0.15) is 11.9 Å². The molecule has 1 amide bonds. The number of amides is 1. The van der Waals surface area contributed by atoms with Crippen LogP contribution in [0.1, 0.15) is 47.4 Å². The van der Waals surface area contributed by atoms with E-state index in [-0.39, 0.29) is 48.0 Å². The van der Waals surface area contributed by atoms with Crippen LogP contribution in [0.25, 0.3) is 0 Å². The Morgan fingerprint density at radius 1 is 1.11 bits per heavy atom. The zero-order chi connectivity index (χ0) is 32.8. The van der Waals surface area contributed by atoms with Gasteiger partial charge < -0.3 is 19.7 Å². The fourth-order valence-corrected chi connectivity index (χ4v) is 5.67. The smallest absolute Gasteiger partial charge is 0.416 e. The fraction of sp³-hybridized carbons (Fsp3) is 0.367. The Bertz CT molecular complexity index is 1600. The third-order valence-electron chi connectivity index (χ3n) is 7.19. The van der Waals surface area contributed by atoms with Crippen molar-refractivity contribution in [2.75, 3.05) is 23.8 Å². The van der Waals surface area contributed by atoms with Crippen molar-refractivity contribution >= 4 is 21.4 Å². The molecule has 9 nitrogen and oxygen atoms in total. The Morgan fingerprint density at radius 2 is 1.80 bits per heavy atom. The minimum absolute atomic E-state index is 0.0255. The number of nitrogens with zero attached hydrogens (tertiary/aromatic N) is 3. The van der Waals surface area contributed by atoms with Crippen molar-refractivity contribution in [3.63, 3.8) is 0 Å². The lowest BCUT2D eigenvalue weighted by molar-refractivity contribution is -0.137. The van der Waals surface area contributed by atoms with Crippen molar-refractivity contribution in [3.8, 4) is 11.8 Å². The second kappa shape index (κ2) is 14.2. The molecule has 4 rings (SSSR count). The molecule has 0 unspecified atom stereocenters. The Hall–Kier alpha value is -4.29. The molecule has 15 heteroatoms. The summed E-state index contributed by atoms with van der Waals surface area (Å²) in [4.78, 5) is 19.0. The molecule has 3 atom stereocenters. The lowest BCUT2D eigenvalue weighted by Crippen LogP contribution is -2.34. The number of anilines is 1. The summed E-state index contributed by atoms with van der Waals surface area (Å²) in [6.45, 7) is -1.63. The summed E-state index contributed by atoms with van der Waals surface area (Å²) < 4.78 is 98.9. The molecule has 2 heterocycles. The first-order chi connectivity index (χ1) is 21.3. The lowest BCUT2D eigenvalue weighted by Gasteiger charge is -2.26. The van der Waals surface area contributed by atoms with Crippen LogP contribution in [0.5, 0.6) is 5.75 Å². The molecular formula is C30H29F5N4O5S. The second-order valence-corrected chi connectivity index (χ2v) is 12.4. The van der Waals surface area contributed by atoms with Gasteiger partial charge in [0.25, 0.3) is 5.91 Å². The molecule has 1 N–H and O–H groups in total. The molecule has 0 bridgehead atoms. The van der Waals surface area contributed by atoms with Crippen LogP contribution in [-0.4, -0.2) is 57.0 Å². The Balaban J connectivity index is 1.46. The molecule has 0 saturated carbocycles. The number of rotatable bonds is 12. The van der Waals surface area contributed by atoms with Crippen molar-refractivity contribution in [2.45, 2.75) is 55.6 Å². The molecule has 0 spiro atoms. The summed E-state index contributed by atoms with van der Waals surface area (Å²) >= 11 is 0. The molecule has 240 valence electrons. The summed E-state index contributed by atoms with van der Waals surface area (Å²) in [6, 6.07) is 13.8. The molecule has 1 aliphatic rings. The average Bonchev–Trinajstić information content (AvgIpc) is 3.42. The first kappa shape index (κ1) is 33.6. The summed E-state index contributed by atoms with van der Waals surface area (Å²) in [7, 11) is -3.48. The van der Waals surface area contributed by atoms with Crippen LogP contribution in [0.3, 0.4) is 0 Å². The Kier molecular flexibility index (Phi) is 10.6. The largest absolute Gasteiger partial charge is 0.489 e. The van der Waals surface area contributed by atoms with E-state index >= 15 is 0 Å². The second-order valence-electron chi connectivity index (χ2n) is 10.2. The number of nitriles is 1. The van der Waals surface area contributed by atoms with Crippen molar-refractivity contribution in [2.24, 2.45) is 0 Å². The van der Waals surface area contributed by atoms with Crippen LogP contribution < -0.4 is 15.0 Å². The highest BCUT2D eigenvalue weighted by atomic mass is 32.2. The first-order valence-electron chi connectivity index (χ1n) is 13.8. The first-order valence-corrected chi connectivity index (χ1v) is 15.4. The molecule has 1 aromatic heterocycles. The summed E-state index contributed by atoms with van der Waals surface area (Å²) in [5.74, 6) is -0.443. The van der Waals surface area contributed by atoms with Crippen molar-refractivity contribution < 1.29 is 44.6 Å². The average molecular weight is 653 g/mol. The number of sulfone groups is 1. The molecule has 45 heavy (non-hydrogen) atoms. The van der Waals surface area contributed by atoms with Crippen LogP contribution in [-0.2, 0) is 20.8 Å². The van der Waals surface area contributed by atoms with Gasteiger partial charge in [0.15, 0.2) is 9.84 Å². The van der Waals surface area contributed by atoms with Crippen molar-refractivity contribution in [1.82, 2.24) is 10.3 Å². The van der Waals surface area contributed by atoms with Crippen LogP contribution in [0.15, 0.2) is 71.8 Å². The van der Waals surface area contributed by atoms with E-state index in [1.807, 2.05) is 6.07 Å². The minimum atomic E-state index is -4.50. The zero-order valence-electron chi connectivity index (χ0n) is 23.9. The number of hydrogen-bond donors (Lipinski definition) is 1. The van der Waals surface area contributed by atoms with Gasteiger partial charge in [-0.1, -0.05) is 6.92 Å². The number of halogens is 5. The number of alkyl halides is 5. The molecule has 2 aromatic carbocycles. The number of carbonyl (C=O) groups excluding carboxylic acids is 1. The molecule has 0 aliphatic carbocycles. The standard InChI is InChI=1S/C30H29F5N4O5S/c1-2-45(41,42)25-11-12-26(37-16-25)27(13-14-36)38-28(40)19-3-7-21(8-4-19)39-17-24(15-22(39)18-43-29(31)32)44-23-9-5-20(6-10-23)30(33,34)35/h3-12,16,22,24,27,29H,2,13,15,17-18H2,1H3,(H,38,40)/t22-,24-,27-/m0/s1. The highest BCUT2D eigenvalue weighted by Crippen LogP contribution is 2.33. The van der Waals surface area contributed by atoms with Gasteiger partial charge in [0.2, 0.25) is 0 Å². The fourth-order valence-electron chi connectivity index (χ4n) is 4.85. The van der Waals surface area contributed by atoms with Gasteiger partial charge in [0, 0.05) is 23.9 Å². The quantitative estimate of drug-likeness (QED) is 0.253. The molecule has 3 aromatic rings. The topological polar surface area (TPSA) is 122 Å². The molecule has 0 radical (unpaired) electrons. The predicted molar refractivity (Wildman–Crippen MR) is 152 cm³/mol. The van der Waals surface area contributed by atoms with E-state index in [1.165, 1.54) is 49.5 Å². The summed E-state index contributed by atoms with van der Waals surface area (Å²) in [5, 5.41) is 12.0. The Morgan fingerprint density at radius 3 is 2.36 bits per heavy atom. The number of hydrogen-bond acceptors (Lipinski definition) is 8. The van der Waals surface area contributed by atoms with Crippen LogP contribution in [0, 0.1) is 11.3 Å². The van der Waals surface area contributed by atoms with E-state index in [4.69, 9.17) is 4.74 Å². The highest BCUT2D eigenvalue weighted by Gasteiger charge is 2.35. The monoisotopic (exact) mass is 652 g/mol. The van der Waals surface area contributed by atoms with Gasteiger partial charge in [-0.25, -0.2) is 8.42 Å². The number of nitrogens with one attached hydrogen (secondary N) is 1. The van der Waals surface area contributed by atoms with Gasteiger partial charge in [-0.3, -0.25) is 9.78 Å². The number of ether oxygens (including phenoxy) is 2. The normalized spacial score (nSPS) is 17.6. The van der Waals surface area contributed by atoms with Gasteiger partial charge in [-0.2, -0.15) is 27.2 Å². The van der Waals surface area contributed by atoms with E-state index < -0.39 is 52.3 Å². The molecular weight excluding hydrogens is 623 g/mol. The maximum atomic E-state index is 13.0. The van der Waals surface area contributed by atoms with Gasteiger partial charge >= 0.3 is 12.8 Å². The van der Waals surface area contributed by atoms with E-state index in [0.717, 1.165) is 12.1 Å². The Labute approximate surface area is 256 Å².